The summed E-state index contributed by atoms with van der Waals surface area (Å²) in [6.45, 7) is 0. The molecule has 1 aliphatic rings. The van der Waals surface area contributed by atoms with Crippen molar-refractivity contribution >= 4 is 22.6 Å². The number of fused-ring (bicyclic) bond motifs is 1. The number of nitrogens with zero attached hydrogens (tertiary/aromatic N) is 3. The first-order valence-electron chi connectivity index (χ1n) is 8.18. The Bertz CT molecular complexity index is 1010. The molecule has 0 aliphatic heterocycles. The lowest BCUT2D eigenvalue weighted by molar-refractivity contribution is -0.144. The maximum absolute atomic E-state index is 12.8. The summed E-state index contributed by atoms with van der Waals surface area (Å²) < 4.78 is 38.4. The van der Waals surface area contributed by atoms with Gasteiger partial charge in [0.25, 0.3) is 0 Å². The molecule has 0 atom stereocenters. The molecule has 1 aliphatic carbocycles. The second kappa shape index (κ2) is 6.31. The van der Waals surface area contributed by atoms with Gasteiger partial charge in [0, 0.05) is 29.8 Å². The second-order valence-electron chi connectivity index (χ2n) is 6.41. The molecule has 10 heteroatoms. The Hall–Kier alpha value is -3.01. The van der Waals surface area contributed by atoms with Crippen molar-refractivity contribution in [1.29, 1.82) is 0 Å². The predicted molar refractivity (Wildman–Crippen MR) is 89.5 cm³/mol. The Morgan fingerprint density at radius 3 is 2.74 bits per heavy atom. The molecule has 0 saturated heterocycles. The minimum atomic E-state index is -4.63. The molecule has 140 valence electrons. The molecule has 7 nitrogen and oxygen atoms in total. The van der Waals surface area contributed by atoms with Gasteiger partial charge in [-0.3, -0.25) is 4.79 Å². The standard InChI is InChI=1S/C17H14F3N5O2/c18-17(19,20)16-21-2-1-11(24-16)13-5-9-7-22-14(6-12(9)23-13)25-15(27)8-3-10(26)4-8/h1-2,5-8,10,23,26H,3-4H2,(H,22,25,27)/t8-,10-. The number of nitrogens with one attached hydrogen (secondary N) is 2. The normalized spacial score (nSPS) is 19.7. The predicted octanol–water partition coefficient (Wildman–Crippen LogP) is 2.75. The van der Waals surface area contributed by atoms with E-state index in [0.717, 1.165) is 6.20 Å². The highest BCUT2D eigenvalue weighted by atomic mass is 19.4. The topological polar surface area (TPSA) is 104 Å². The summed E-state index contributed by atoms with van der Waals surface area (Å²) >= 11 is 0. The van der Waals surface area contributed by atoms with Crippen LogP contribution in [0, 0.1) is 5.92 Å². The van der Waals surface area contributed by atoms with Crippen molar-refractivity contribution in [3.63, 3.8) is 0 Å². The van der Waals surface area contributed by atoms with Gasteiger partial charge in [-0.05, 0) is 25.0 Å². The number of anilines is 1. The smallest absolute Gasteiger partial charge is 0.393 e. The molecule has 3 N–H and O–H groups in total. The Morgan fingerprint density at radius 1 is 1.26 bits per heavy atom. The number of aromatic amines is 1. The van der Waals surface area contributed by atoms with Gasteiger partial charge in [-0.25, -0.2) is 15.0 Å². The largest absolute Gasteiger partial charge is 0.451 e. The molecule has 3 aromatic rings. The van der Waals surface area contributed by atoms with Gasteiger partial charge >= 0.3 is 6.18 Å². The Balaban J connectivity index is 1.59. The average molecular weight is 377 g/mol. The van der Waals surface area contributed by atoms with Gasteiger partial charge in [-0.2, -0.15) is 13.2 Å². The first-order chi connectivity index (χ1) is 12.8. The molecule has 0 aromatic carbocycles. The fourth-order valence-electron chi connectivity index (χ4n) is 2.91. The zero-order chi connectivity index (χ0) is 19.2. The molecule has 1 amide bonds. The van der Waals surface area contributed by atoms with Crippen LogP contribution >= 0.6 is 0 Å². The van der Waals surface area contributed by atoms with Gasteiger partial charge in [-0.1, -0.05) is 0 Å². The highest BCUT2D eigenvalue weighted by Crippen LogP contribution is 2.30. The van der Waals surface area contributed by atoms with Crippen LogP contribution in [0.2, 0.25) is 0 Å². The number of carbonyl (C=O) groups is 1. The van der Waals surface area contributed by atoms with Gasteiger partial charge in [0.05, 0.1) is 23.0 Å². The first-order valence-corrected chi connectivity index (χ1v) is 8.18. The molecule has 0 bridgehead atoms. The molecule has 0 spiro atoms. The van der Waals surface area contributed by atoms with Crippen molar-refractivity contribution in [3.8, 4) is 11.4 Å². The summed E-state index contributed by atoms with van der Waals surface area (Å²) in [5.74, 6) is -1.35. The van der Waals surface area contributed by atoms with Crippen LogP contribution in [0.4, 0.5) is 19.0 Å². The molecular weight excluding hydrogens is 363 g/mol. The Kier molecular flexibility index (Phi) is 4.06. The molecule has 4 rings (SSSR count). The van der Waals surface area contributed by atoms with Crippen LogP contribution < -0.4 is 5.32 Å². The van der Waals surface area contributed by atoms with E-state index in [2.05, 4.69) is 25.3 Å². The number of halogens is 3. The number of rotatable bonds is 3. The summed E-state index contributed by atoms with van der Waals surface area (Å²) in [4.78, 5) is 26.0. The number of pyridine rings is 1. The Labute approximate surface area is 150 Å². The number of amides is 1. The van der Waals surface area contributed by atoms with Gasteiger partial charge in [0.1, 0.15) is 5.82 Å². The van der Waals surface area contributed by atoms with Crippen molar-refractivity contribution in [1.82, 2.24) is 19.9 Å². The number of aliphatic hydroxyl groups excluding tert-OH is 1. The fourth-order valence-corrected chi connectivity index (χ4v) is 2.91. The van der Waals surface area contributed by atoms with Gasteiger partial charge in [-0.15, -0.1) is 0 Å². The Morgan fingerprint density at radius 2 is 2.04 bits per heavy atom. The van der Waals surface area contributed by atoms with Crippen molar-refractivity contribution < 1.29 is 23.1 Å². The zero-order valence-electron chi connectivity index (χ0n) is 13.8. The van der Waals surface area contributed by atoms with E-state index >= 15 is 0 Å². The van der Waals surface area contributed by atoms with Crippen LogP contribution in [0.1, 0.15) is 18.7 Å². The van der Waals surface area contributed by atoms with E-state index in [1.165, 1.54) is 12.3 Å². The summed E-state index contributed by atoms with van der Waals surface area (Å²) in [5.41, 5.74) is 1.07. The zero-order valence-corrected chi connectivity index (χ0v) is 13.8. The van der Waals surface area contributed by atoms with Crippen LogP contribution in [0.3, 0.4) is 0 Å². The third-order valence-electron chi connectivity index (χ3n) is 4.42. The minimum Gasteiger partial charge on any atom is -0.393 e. The fraction of sp³-hybridized carbons (Fsp3) is 0.294. The van der Waals surface area contributed by atoms with Crippen molar-refractivity contribution in [3.05, 3.63) is 36.4 Å². The molecule has 0 radical (unpaired) electrons. The molecule has 3 aromatic heterocycles. The highest BCUT2D eigenvalue weighted by molar-refractivity contribution is 5.94. The van der Waals surface area contributed by atoms with Crippen LogP contribution in [-0.2, 0) is 11.0 Å². The molecule has 1 saturated carbocycles. The third kappa shape index (κ3) is 3.47. The minimum absolute atomic E-state index is 0.0996. The maximum atomic E-state index is 12.8. The number of aromatic nitrogens is 4. The molecule has 1 fully saturated rings. The summed E-state index contributed by atoms with van der Waals surface area (Å²) in [6.07, 6.45) is -1.65. The van der Waals surface area contributed by atoms with E-state index in [1.54, 1.807) is 12.1 Å². The summed E-state index contributed by atoms with van der Waals surface area (Å²) in [7, 11) is 0. The van der Waals surface area contributed by atoms with Crippen molar-refractivity contribution in [2.75, 3.05) is 5.32 Å². The molecule has 3 heterocycles. The maximum Gasteiger partial charge on any atom is 0.451 e. The molecule has 0 unspecified atom stereocenters. The number of hydrogen-bond donors (Lipinski definition) is 3. The molecular formula is C17H14F3N5O2. The average Bonchev–Trinajstić information content (AvgIpc) is 3.01. The van der Waals surface area contributed by atoms with Gasteiger partial charge < -0.3 is 15.4 Å². The number of aliphatic hydroxyl groups is 1. The summed E-state index contributed by atoms with van der Waals surface area (Å²) in [5, 5.41) is 12.6. The monoisotopic (exact) mass is 377 g/mol. The van der Waals surface area contributed by atoms with Crippen molar-refractivity contribution in [2.45, 2.75) is 25.1 Å². The van der Waals surface area contributed by atoms with E-state index in [9.17, 15) is 23.1 Å². The third-order valence-corrected chi connectivity index (χ3v) is 4.42. The highest BCUT2D eigenvalue weighted by Gasteiger charge is 2.35. The molecule has 27 heavy (non-hydrogen) atoms. The van der Waals surface area contributed by atoms with Crippen LogP contribution in [-0.4, -0.2) is 37.1 Å². The van der Waals surface area contributed by atoms with Gasteiger partial charge in [0.15, 0.2) is 0 Å². The van der Waals surface area contributed by atoms with E-state index in [-0.39, 0.29) is 17.5 Å². The lowest BCUT2D eigenvalue weighted by Crippen LogP contribution is -2.37. The van der Waals surface area contributed by atoms with E-state index in [1.807, 2.05) is 0 Å². The van der Waals surface area contributed by atoms with Crippen LogP contribution in [0.5, 0.6) is 0 Å². The van der Waals surface area contributed by atoms with E-state index in [0.29, 0.717) is 35.3 Å². The quantitative estimate of drug-likeness (QED) is 0.651. The van der Waals surface area contributed by atoms with Gasteiger partial charge in [0.2, 0.25) is 11.7 Å². The number of alkyl halides is 3. The van der Waals surface area contributed by atoms with Crippen LogP contribution in [0.25, 0.3) is 22.3 Å². The van der Waals surface area contributed by atoms with E-state index in [4.69, 9.17) is 0 Å². The number of carbonyl (C=O) groups excluding carboxylic acids is 1. The lowest BCUT2D eigenvalue weighted by Gasteiger charge is -2.29. The number of hydrogen-bond acceptors (Lipinski definition) is 5. The van der Waals surface area contributed by atoms with E-state index < -0.39 is 18.1 Å². The van der Waals surface area contributed by atoms with Crippen LogP contribution in [0.15, 0.2) is 30.6 Å². The SMILES string of the molecule is O=C(Nc1cc2[nH]c(-c3ccnc(C(F)(F)F)n3)cc2cn1)[C@H]1C[C@H](O)C1. The van der Waals surface area contributed by atoms with Crippen molar-refractivity contribution in [2.24, 2.45) is 5.92 Å². The second-order valence-corrected chi connectivity index (χ2v) is 6.41. The number of H-pyrrole nitrogens is 1. The lowest BCUT2D eigenvalue weighted by atomic mass is 9.82. The first kappa shape index (κ1) is 17.4. The summed E-state index contributed by atoms with van der Waals surface area (Å²) in [6, 6.07) is 4.59.